The van der Waals surface area contributed by atoms with E-state index in [1.165, 1.54) is 5.56 Å². The lowest BCUT2D eigenvalue weighted by molar-refractivity contribution is 0.542. The third-order valence-electron chi connectivity index (χ3n) is 3.30. The van der Waals surface area contributed by atoms with Gasteiger partial charge in [-0.3, -0.25) is 4.68 Å². The Morgan fingerprint density at radius 2 is 1.90 bits per heavy atom. The minimum absolute atomic E-state index is 0.636. The van der Waals surface area contributed by atoms with Crippen LogP contribution in [0.15, 0.2) is 45.7 Å². The first-order chi connectivity index (χ1) is 9.58. The summed E-state index contributed by atoms with van der Waals surface area (Å²) in [6.07, 6.45) is 1.63. The fourth-order valence-corrected chi connectivity index (χ4v) is 2.62. The van der Waals surface area contributed by atoms with Gasteiger partial charge in [0.05, 0.1) is 17.4 Å². The van der Waals surface area contributed by atoms with E-state index in [4.69, 9.17) is 10.2 Å². The molecule has 0 amide bonds. The van der Waals surface area contributed by atoms with Gasteiger partial charge in [-0.15, -0.1) is 0 Å². The van der Waals surface area contributed by atoms with Crippen LogP contribution >= 0.6 is 15.9 Å². The van der Waals surface area contributed by atoms with Crippen molar-refractivity contribution in [3.63, 3.8) is 0 Å². The van der Waals surface area contributed by atoms with E-state index in [0.717, 1.165) is 22.4 Å². The number of halogens is 1. The highest BCUT2D eigenvalue weighted by molar-refractivity contribution is 9.10. The van der Waals surface area contributed by atoms with E-state index in [-0.39, 0.29) is 0 Å². The summed E-state index contributed by atoms with van der Waals surface area (Å²) in [5, 5.41) is 4.51. The molecule has 0 aliphatic rings. The molecule has 2 aromatic heterocycles. The van der Waals surface area contributed by atoms with Gasteiger partial charge in [-0.05, 0) is 34.5 Å². The zero-order chi connectivity index (χ0) is 14.3. The number of nitrogen functional groups attached to an aromatic ring is 1. The van der Waals surface area contributed by atoms with Gasteiger partial charge in [0, 0.05) is 7.05 Å². The van der Waals surface area contributed by atoms with Gasteiger partial charge in [0.2, 0.25) is 0 Å². The molecule has 20 heavy (non-hydrogen) atoms. The van der Waals surface area contributed by atoms with E-state index >= 15 is 0 Å². The molecule has 0 saturated heterocycles. The van der Waals surface area contributed by atoms with Gasteiger partial charge >= 0.3 is 0 Å². The van der Waals surface area contributed by atoms with Crippen molar-refractivity contribution in [1.82, 2.24) is 9.78 Å². The van der Waals surface area contributed by atoms with E-state index < -0.39 is 0 Å². The first kappa shape index (κ1) is 13.0. The van der Waals surface area contributed by atoms with Crippen LogP contribution in [-0.4, -0.2) is 9.78 Å². The zero-order valence-electron chi connectivity index (χ0n) is 11.2. The summed E-state index contributed by atoms with van der Waals surface area (Å²) in [6.45, 7) is 2.06. The van der Waals surface area contributed by atoms with Crippen molar-refractivity contribution in [3.8, 4) is 22.4 Å². The molecule has 5 heteroatoms. The van der Waals surface area contributed by atoms with Gasteiger partial charge in [-0.2, -0.15) is 5.10 Å². The molecule has 1 aromatic carbocycles. The summed E-state index contributed by atoms with van der Waals surface area (Å²) in [5.74, 6) is 0.636. The monoisotopic (exact) mass is 331 g/mol. The molecule has 2 N–H and O–H groups in total. The van der Waals surface area contributed by atoms with Crippen LogP contribution < -0.4 is 5.73 Å². The molecule has 0 atom stereocenters. The predicted octanol–water partition coefficient (Wildman–Crippen LogP) is 4.00. The predicted molar refractivity (Wildman–Crippen MR) is 83.2 cm³/mol. The Morgan fingerprint density at radius 3 is 2.50 bits per heavy atom. The van der Waals surface area contributed by atoms with E-state index in [0.29, 0.717) is 10.5 Å². The zero-order valence-corrected chi connectivity index (χ0v) is 12.8. The lowest BCUT2D eigenvalue weighted by Crippen LogP contribution is -1.97. The maximum absolute atomic E-state index is 6.18. The van der Waals surface area contributed by atoms with E-state index in [9.17, 15) is 0 Å². The normalized spacial score (nSPS) is 10.9. The maximum Gasteiger partial charge on any atom is 0.178 e. The third-order valence-corrected chi connectivity index (χ3v) is 3.92. The fraction of sp³-hybridized carbons (Fsp3) is 0.133. The summed E-state index contributed by atoms with van der Waals surface area (Å²) in [5.41, 5.74) is 11.1. The summed E-state index contributed by atoms with van der Waals surface area (Å²) in [6, 6.07) is 10.1. The smallest absolute Gasteiger partial charge is 0.178 e. The highest BCUT2D eigenvalue weighted by Gasteiger charge is 2.20. The molecular formula is C15H14BrN3O. The second-order valence-corrected chi connectivity index (χ2v) is 5.43. The van der Waals surface area contributed by atoms with Crippen molar-refractivity contribution in [2.24, 2.45) is 7.05 Å². The van der Waals surface area contributed by atoms with Crippen LogP contribution in [0.5, 0.6) is 0 Å². The van der Waals surface area contributed by atoms with Crippen molar-refractivity contribution >= 4 is 21.7 Å². The first-order valence-electron chi connectivity index (χ1n) is 6.21. The van der Waals surface area contributed by atoms with Crippen LogP contribution in [0, 0.1) is 6.92 Å². The Balaban J connectivity index is 2.25. The Morgan fingerprint density at radius 1 is 1.20 bits per heavy atom. The molecule has 0 bridgehead atoms. The van der Waals surface area contributed by atoms with Gasteiger partial charge in [0.1, 0.15) is 11.5 Å². The minimum atomic E-state index is 0.636. The maximum atomic E-state index is 6.18. The highest BCUT2D eigenvalue weighted by atomic mass is 79.9. The van der Waals surface area contributed by atoms with Crippen LogP contribution in [0.1, 0.15) is 5.56 Å². The van der Waals surface area contributed by atoms with Crippen molar-refractivity contribution in [3.05, 3.63) is 46.8 Å². The van der Waals surface area contributed by atoms with Crippen LogP contribution in [0.25, 0.3) is 22.4 Å². The second-order valence-electron chi connectivity index (χ2n) is 4.71. The average Bonchev–Trinajstić information content (AvgIpc) is 2.96. The SMILES string of the molecule is Cc1ccc(-c2c(-c3ccoc3Br)nn(C)c2N)cc1. The van der Waals surface area contributed by atoms with E-state index in [2.05, 4.69) is 52.2 Å². The molecule has 4 nitrogen and oxygen atoms in total. The number of nitrogens with two attached hydrogens (primary N) is 1. The summed E-state index contributed by atoms with van der Waals surface area (Å²) < 4.78 is 7.65. The molecule has 102 valence electrons. The van der Waals surface area contributed by atoms with E-state index in [1.54, 1.807) is 10.9 Å². The van der Waals surface area contributed by atoms with Crippen LogP contribution in [0.3, 0.4) is 0 Å². The van der Waals surface area contributed by atoms with Crippen molar-refractivity contribution in [2.75, 3.05) is 5.73 Å². The number of anilines is 1. The molecule has 0 spiro atoms. The minimum Gasteiger partial charge on any atom is -0.457 e. The second kappa shape index (κ2) is 4.83. The van der Waals surface area contributed by atoms with Crippen LogP contribution in [0.4, 0.5) is 5.82 Å². The fourth-order valence-electron chi connectivity index (χ4n) is 2.19. The lowest BCUT2D eigenvalue weighted by atomic mass is 10.0. The molecule has 0 aliphatic carbocycles. The molecule has 0 radical (unpaired) electrons. The standard InChI is InChI=1S/C15H14BrN3O/c1-9-3-5-10(6-4-9)12-13(18-19(2)15(12)17)11-7-8-20-14(11)16/h3-8H,17H2,1-2H3. The Bertz CT molecular complexity index is 756. The molecule has 0 unspecified atom stereocenters. The number of rotatable bonds is 2. The Kier molecular flexibility index (Phi) is 3.14. The van der Waals surface area contributed by atoms with Crippen LogP contribution in [0.2, 0.25) is 0 Å². The number of aromatic nitrogens is 2. The van der Waals surface area contributed by atoms with Crippen molar-refractivity contribution < 1.29 is 4.42 Å². The number of hydrogen-bond acceptors (Lipinski definition) is 3. The quantitative estimate of drug-likeness (QED) is 0.772. The molecule has 0 fully saturated rings. The molecular weight excluding hydrogens is 318 g/mol. The molecule has 3 aromatic rings. The third kappa shape index (κ3) is 2.04. The summed E-state index contributed by atoms with van der Waals surface area (Å²) >= 11 is 3.40. The molecule has 2 heterocycles. The van der Waals surface area contributed by atoms with Gasteiger partial charge in [-0.1, -0.05) is 29.8 Å². The topological polar surface area (TPSA) is 57.0 Å². The number of benzene rings is 1. The molecule has 0 aliphatic heterocycles. The number of furan rings is 1. The average molecular weight is 332 g/mol. The summed E-state index contributed by atoms with van der Waals surface area (Å²) in [7, 11) is 1.84. The molecule has 0 saturated carbocycles. The Labute approximate surface area is 125 Å². The van der Waals surface area contributed by atoms with Crippen LogP contribution in [-0.2, 0) is 7.05 Å². The number of hydrogen-bond donors (Lipinski definition) is 1. The van der Waals surface area contributed by atoms with Gasteiger partial charge < -0.3 is 10.2 Å². The Hall–Kier alpha value is -2.01. The summed E-state index contributed by atoms with van der Waals surface area (Å²) in [4.78, 5) is 0. The highest BCUT2D eigenvalue weighted by Crippen LogP contribution is 2.39. The number of nitrogens with zero attached hydrogens (tertiary/aromatic N) is 2. The largest absolute Gasteiger partial charge is 0.457 e. The van der Waals surface area contributed by atoms with Gasteiger partial charge in [0.25, 0.3) is 0 Å². The lowest BCUT2D eigenvalue weighted by Gasteiger charge is -2.04. The van der Waals surface area contributed by atoms with Gasteiger partial charge in [-0.25, -0.2) is 0 Å². The van der Waals surface area contributed by atoms with Crippen molar-refractivity contribution in [1.29, 1.82) is 0 Å². The molecule has 3 rings (SSSR count). The van der Waals surface area contributed by atoms with E-state index in [1.807, 2.05) is 13.1 Å². The van der Waals surface area contributed by atoms with Gasteiger partial charge in [0.15, 0.2) is 4.67 Å². The van der Waals surface area contributed by atoms with Crippen molar-refractivity contribution in [2.45, 2.75) is 6.92 Å². The first-order valence-corrected chi connectivity index (χ1v) is 7.00. The number of aryl methyl sites for hydroxylation is 2.